The molecule has 0 N–H and O–H groups in total. The van der Waals surface area contributed by atoms with Crippen molar-refractivity contribution in [2.45, 2.75) is 37.5 Å². The van der Waals surface area contributed by atoms with Crippen molar-refractivity contribution in [3.63, 3.8) is 0 Å². The van der Waals surface area contributed by atoms with Crippen LogP contribution in [-0.4, -0.2) is 49.7 Å². The smallest absolute Gasteiger partial charge is 0.265 e. The van der Waals surface area contributed by atoms with Gasteiger partial charge in [0.1, 0.15) is 9.77 Å². The lowest BCUT2D eigenvalue weighted by atomic mass is 9.99. The summed E-state index contributed by atoms with van der Waals surface area (Å²) in [6.45, 7) is 4.76. The Morgan fingerprint density at radius 1 is 1.18 bits per heavy atom. The van der Waals surface area contributed by atoms with E-state index in [2.05, 4.69) is 6.92 Å². The Hall–Kier alpha value is -0.920. The zero-order valence-corrected chi connectivity index (χ0v) is 14.5. The number of piperidine rings is 1. The first kappa shape index (κ1) is 16.0. The van der Waals surface area contributed by atoms with Gasteiger partial charge in [0.05, 0.1) is 0 Å². The van der Waals surface area contributed by atoms with Crippen LogP contribution in [0.5, 0.6) is 0 Å². The number of rotatable bonds is 3. The van der Waals surface area contributed by atoms with E-state index in [-0.39, 0.29) is 10.8 Å². The molecule has 0 bridgehead atoms. The van der Waals surface area contributed by atoms with Crippen LogP contribution in [-0.2, 0) is 10.0 Å². The number of likely N-dealkylation sites (tertiary alicyclic amines) is 1. The standard InChI is InChI=1S/C15H22N2O3S2/c1-12-4-9-16(10-5-12)15(18)14-13(6-11-21-14)22(19,20)17-7-2-3-8-17/h6,11-12H,2-5,7-10H2,1H3. The van der Waals surface area contributed by atoms with E-state index in [0.717, 1.165) is 38.8 Å². The Labute approximate surface area is 136 Å². The third kappa shape index (κ3) is 2.94. The van der Waals surface area contributed by atoms with Gasteiger partial charge in [-0.2, -0.15) is 4.31 Å². The summed E-state index contributed by atoms with van der Waals surface area (Å²) in [5.74, 6) is 0.514. The van der Waals surface area contributed by atoms with E-state index in [1.807, 2.05) is 0 Å². The number of thiophene rings is 1. The summed E-state index contributed by atoms with van der Waals surface area (Å²) in [6.07, 6.45) is 3.78. The summed E-state index contributed by atoms with van der Waals surface area (Å²) < 4.78 is 26.9. The van der Waals surface area contributed by atoms with Gasteiger partial charge in [0.2, 0.25) is 10.0 Å². The maximum absolute atomic E-state index is 12.7. The fourth-order valence-electron chi connectivity index (χ4n) is 3.08. The van der Waals surface area contributed by atoms with Gasteiger partial charge in [-0.05, 0) is 43.0 Å². The van der Waals surface area contributed by atoms with Gasteiger partial charge in [-0.15, -0.1) is 11.3 Å². The first-order chi connectivity index (χ1) is 10.5. The molecule has 0 atom stereocenters. The number of hydrogen-bond acceptors (Lipinski definition) is 4. The first-order valence-electron chi connectivity index (χ1n) is 7.87. The van der Waals surface area contributed by atoms with Gasteiger partial charge >= 0.3 is 0 Å². The van der Waals surface area contributed by atoms with E-state index in [1.165, 1.54) is 15.6 Å². The van der Waals surface area contributed by atoms with Crippen LogP contribution in [0.4, 0.5) is 0 Å². The number of sulfonamides is 1. The summed E-state index contributed by atoms with van der Waals surface area (Å²) in [7, 11) is -3.52. The topological polar surface area (TPSA) is 57.7 Å². The fraction of sp³-hybridized carbons (Fsp3) is 0.667. The lowest BCUT2D eigenvalue weighted by Crippen LogP contribution is -2.38. The van der Waals surface area contributed by atoms with E-state index in [4.69, 9.17) is 0 Å². The molecule has 3 heterocycles. The number of amides is 1. The maximum atomic E-state index is 12.7. The summed E-state index contributed by atoms with van der Waals surface area (Å²) in [5.41, 5.74) is 0. The van der Waals surface area contributed by atoms with Crippen LogP contribution in [0.3, 0.4) is 0 Å². The summed E-state index contributed by atoms with van der Waals surface area (Å²) in [6, 6.07) is 1.58. The molecule has 22 heavy (non-hydrogen) atoms. The molecule has 2 fully saturated rings. The lowest BCUT2D eigenvalue weighted by Gasteiger charge is -2.30. The van der Waals surface area contributed by atoms with Crippen LogP contribution >= 0.6 is 11.3 Å². The SMILES string of the molecule is CC1CCN(C(=O)c2sccc2S(=O)(=O)N2CCCC2)CC1. The van der Waals surface area contributed by atoms with Crippen LogP contribution in [0.15, 0.2) is 16.3 Å². The van der Waals surface area contributed by atoms with Gasteiger partial charge < -0.3 is 4.90 Å². The number of nitrogens with zero attached hydrogens (tertiary/aromatic N) is 2. The zero-order chi connectivity index (χ0) is 15.7. The molecule has 1 aromatic heterocycles. The largest absolute Gasteiger partial charge is 0.338 e. The molecule has 0 radical (unpaired) electrons. The second-order valence-electron chi connectivity index (χ2n) is 6.20. The molecule has 0 aliphatic carbocycles. The van der Waals surface area contributed by atoms with Crippen molar-refractivity contribution in [1.29, 1.82) is 0 Å². The van der Waals surface area contributed by atoms with Crippen molar-refractivity contribution in [3.8, 4) is 0 Å². The van der Waals surface area contributed by atoms with Crippen LogP contribution in [0.1, 0.15) is 42.3 Å². The number of carbonyl (C=O) groups excluding carboxylic acids is 1. The van der Waals surface area contributed by atoms with E-state index in [0.29, 0.717) is 23.9 Å². The van der Waals surface area contributed by atoms with Crippen LogP contribution in [0.2, 0.25) is 0 Å². The summed E-state index contributed by atoms with van der Waals surface area (Å²) >= 11 is 1.24. The summed E-state index contributed by atoms with van der Waals surface area (Å²) in [4.78, 5) is 15.1. The Balaban J connectivity index is 1.84. The predicted octanol–water partition coefficient (Wildman–Crippen LogP) is 2.40. The van der Waals surface area contributed by atoms with E-state index in [1.54, 1.807) is 16.3 Å². The molecule has 2 saturated heterocycles. The second kappa shape index (κ2) is 6.29. The van der Waals surface area contributed by atoms with Gasteiger partial charge in [0.25, 0.3) is 5.91 Å². The highest BCUT2D eigenvalue weighted by atomic mass is 32.2. The van der Waals surface area contributed by atoms with Crippen LogP contribution in [0.25, 0.3) is 0 Å². The number of hydrogen-bond donors (Lipinski definition) is 0. The van der Waals surface area contributed by atoms with Gasteiger partial charge in [-0.25, -0.2) is 8.42 Å². The van der Waals surface area contributed by atoms with Gasteiger partial charge in [-0.1, -0.05) is 6.92 Å². The average Bonchev–Trinajstić information content (AvgIpc) is 3.19. The molecule has 2 aliphatic heterocycles. The zero-order valence-electron chi connectivity index (χ0n) is 12.8. The molecule has 1 aromatic rings. The van der Waals surface area contributed by atoms with Gasteiger partial charge in [-0.3, -0.25) is 4.79 Å². The van der Waals surface area contributed by atoms with Crippen molar-refractivity contribution in [2.24, 2.45) is 5.92 Å². The highest BCUT2D eigenvalue weighted by Crippen LogP contribution is 2.29. The van der Waals surface area contributed by atoms with Crippen molar-refractivity contribution in [1.82, 2.24) is 9.21 Å². The minimum absolute atomic E-state index is 0.125. The van der Waals surface area contributed by atoms with Gasteiger partial charge in [0, 0.05) is 26.2 Å². The summed E-state index contributed by atoms with van der Waals surface area (Å²) in [5, 5.41) is 1.71. The second-order valence-corrected chi connectivity index (χ2v) is 9.02. The average molecular weight is 342 g/mol. The molecule has 0 aromatic carbocycles. The molecule has 5 nitrogen and oxygen atoms in total. The van der Waals surface area contributed by atoms with Crippen molar-refractivity contribution >= 4 is 27.3 Å². The minimum atomic E-state index is -3.52. The quantitative estimate of drug-likeness (QED) is 0.847. The first-order valence-corrected chi connectivity index (χ1v) is 10.2. The molecule has 0 spiro atoms. The molecular weight excluding hydrogens is 320 g/mol. The molecule has 2 aliphatic rings. The molecule has 7 heteroatoms. The van der Waals surface area contributed by atoms with Gasteiger partial charge in [0.15, 0.2) is 0 Å². The molecule has 0 saturated carbocycles. The highest BCUT2D eigenvalue weighted by Gasteiger charge is 2.33. The van der Waals surface area contributed by atoms with Crippen LogP contribution in [0, 0.1) is 5.92 Å². The molecule has 3 rings (SSSR count). The molecule has 0 unspecified atom stereocenters. The van der Waals surface area contributed by atoms with Crippen molar-refractivity contribution in [3.05, 3.63) is 16.3 Å². The Bertz CT molecular complexity index is 639. The van der Waals surface area contributed by atoms with Crippen LogP contribution < -0.4 is 0 Å². The van der Waals surface area contributed by atoms with E-state index >= 15 is 0 Å². The maximum Gasteiger partial charge on any atom is 0.265 e. The highest BCUT2D eigenvalue weighted by molar-refractivity contribution is 7.89. The minimum Gasteiger partial charge on any atom is -0.338 e. The third-order valence-corrected chi connectivity index (χ3v) is 7.55. The van der Waals surface area contributed by atoms with E-state index in [9.17, 15) is 13.2 Å². The predicted molar refractivity (Wildman–Crippen MR) is 86.6 cm³/mol. The molecule has 122 valence electrons. The Kier molecular flexibility index (Phi) is 4.56. The normalized spacial score (nSPS) is 21.4. The van der Waals surface area contributed by atoms with Crippen molar-refractivity contribution in [2.75, 3.05) is 26.2 Å². The molecule has 1 amide bonds. The monoisotopic (exact) mass is 342 g/mol. The fourth-order valence-corrected chi connectivity index (χ4v) is 5.96. The Morgan fingerprint density at radius 3 is 2.45 bits per heavy atom. The lowest BCUT2D eigenvalue weighted by molar-refractivity contribution is 0.0698. The van der Waals surface area contributed by atoms with Crippen molar-refractivity contribution < 1.29 is 13.2 Å². The number of carbonyl (C=O) groups is 1. The third-order valence-electron chi connectivity index (χ3n) is 4.58. The molecular formula is C15H22N2O3S2. The van der Waals surface area contributed by atoms with E-state index < -0.39 is 10.0 Å². The Morgan fingerprint density at radius 2 is 1.82 bits per heavy atom.